The predicted octanol–water partition coefficient (Wildman–Crippen LogP) is 3.17. The van der Waals surface area contributed by atoms with Crippen molar-refractivity contribution in [2.45, 2.75) is 25.2 Å². The first kappa shape index (κ1) is 14.8. The van der Waals surface area contributed by atoms with E-state index in [2.05, 4.69) is 9.97 Å². The molecule has 0 atom stereocenters. The SMILES string of the molecule is Cc1ccc2[nH]c(C)c(Cc3ccc(S(C)(=O)=O)cc3)c2n1. The third kappa shape index (κ3) is 2.76. The summed E-state index contributed by atoms with van der Waals surface area (Å²) in [7, 11) is -3.15. The van der Waals surface area contributed by atoms with Gasteiger partial charge in [-0.25, -0.2) is 8.42 Å². The lowest BCUT2D eigenvalue weighted by molar-refractivity contribution is 0.602. The second-order valence-electron chi connectivity index (χ2n) is 5.67. The van der Waals surface area contributed by atoms with E-state index in [9.17, 15) is 8.42 Å². The number of nitrogens with one attached hydrogen (secondary N) is 1. The number of aromatic amines is 1. The average molecular weight is 314 g/mol. The third-order valence-electron chi connectivity index (χ3n) is 3.83. The maximum absolute atomic E-state index is 11.5. The van der Waals surface area contributed by atoms with Crippen LogP contribution in [0.25, 0.3) is 11.0 Å². The molecular formula is C17H18N2O2S. The topological polar surface area (TPSA) is 62.8 Å². The number of H-pyrrole nitrogens is 1. The van der Waals surface area contributed by atoms with Crippen LogP contribution in [0.5, 0.6) is 0 Å². The Morgan fingerprint density at radius 1 is 1.05 bits per heavy atom. The molecule has 0 saturated heterocycles. The second kappa shape index (κ2) is 5.25. The maximum Gasteiger partial charge on any atom is 0.175 e. The molecule has 0 aliphatic carbocycles. The van der Waals surface area contributed by atoms with Gasteiger partial charge in [-0.05, 0) is 43.7 Å². The van der Waals surface area contributed by atoms with Gasteiger partial charge < -0.3 is 4.98 Å². The lowest BCUT2D eigenvalue weighted by Gasteiger charge is -2.04. The van der Waals surface area contributed by atoms with Crippen molar-refractivity contribution in [3.8, 4) is 0 Å². The number of hydrogen-bond acceptors (Lipinski definition) is 3. The summed E-state index contributed by atoms with van der Waals surface area (Å²) in [6, 6.07) is 11.1. The lowest BCUT2D eigenvalue weighted by atomic mass is 10.0. The predicted molar refractivity (Wildman–Crippen MR) is 87.9 cm³/mol. The van der Waals surface area contributed by atoms with Crippen LogP contribution in [0.4, 0.5) is 0 Å². The fraction of sp³-hybridized carbons (Fsp3) is 0.235. The van der Waals surface area contributed by atoms with E-state index in [1.807, 2.05) is 38.1 Å². The molecule has 1 aromatic carbocycles. The quantitative estimate of drug-likeness (QED) is 0.807. The van der Waals surface area contributed by atoms with E-state index in [4.69, 9.17) is 0 Å². The summed E-state index contributed by atoms with van der Waals surface area (Å²) >= 11 is 0. The zero-order chi connectivity index (χ0) is 15.9. The van der Waals surface area contributed by atoms with Crippen LogP contribution in [0.1, 0.15) is 22.5 Å². The summed E-state index contributed by atoms with van der Waals surface area (Å²) in [5, 5.41) is 0. The molecule has 3 rings (SSSR count). The number of hydrogen-bond donors (Lipinski definition) is 1. The van der Waals surface area contributed by atoms with Gasteiger partial charge in [0.2, 0.25) is 0 Å². The number of fused-ring (bicyclic) bond motifs is 1. The molecule has 0 aliphatic rings. The zero-order valence-electron chi connectivity index (χ0n) is 12.8. The van der Waals surface area contributed by atoms with Crippen LogP contribution >= 0.6 is 0 Å². The molecule has 0 radical (unpaired) electrons. The summed E-state index contributed by atoms with van der Waals surface area (Å²) in [6.07, 6.45) is 1.95. The van der Waals surface area contributed by atoms with E-state index in [1.165, 1.54) is 6.26 Å². The van der Waals surface area contributed by atoms with Crippen molar-refractivity contribution in [2.75, 3.05) is 6.26 Å². The first-order chi connectivity index (χ1) is 10.3. The van der Waals surface area contributed by atoms with Crippen LogP contribution in [0, 0.1) is 13.8 Å². The molecule has 0 saturated carbocycles. The van der Waals surface area contributed by atoms with E-state index in [-0.39, 0.29) is 0 Å². The van der Waals surface area contributed by atoms with Gasteiger partial charge in [-0.3, -0.25) is 4.98 Å². The van der Waals surface area contributed by atoms with Gasteiger partial charge in [-0.1, -0.05) is 12.1 Å². The molecular weight excluding hydrogens is 296 g/mol. The van der Waals surface area contributed by atoms with Crippen molar-refractivity contribution in [3.05, 3.63) is 58.9 Å². The highest BCUT2D eigenvalue weighted by Crippen LogP contribution is 2.24. The number of rotatable bonds is 3. The Morgan fingerprint density at radius 2 is 1.73 bits per heavy atom. The summed E-state index contributed by atoms with van der Waals surface area (Å²) in [5.74, 6) is 0. The van der Waals surface area contributed by atoms with Crippen molar-refractivity contribution in [2.24, 2.45) is 0 Å². The number of sulfone groups is 1. The largest absolute Gasteiger partial charge is 0.357 e. The Bertz CT molecular complexity index is 939. The minimum atomic E-state index is -3.15. The van der Waals surface area contributed by atoms with Crippen LogP contribution in [-0.4, -0.2) is 24.6 Å². The van der Waals surface area contributed by atoms with E-state index in [0.29, 0.717) is 4.90 Å². The van der Waals surface area contributed by atoms with Crippen molar-refractivity contribution < 1.29 is 8.42 Å². The summed E-state index contributed by atoms with van der Waals surface area (Å²) in [6.45, 7) is 4.02. The monoisotopic (exact) mass is 314 g/mol. The van der Waals surface area contributed by atoms with Gasteiger partial charge in [0, 0.05) is 29.6 Å². The molecule has 2 aromatic heterocycles. The van der Waals surface area contributed by atoms with Gasteiger partial charge in [0.05, 0.1) is 15.9 Å². The molecule has 114 valence electrons. The van der Waals surface area contributed by atoms with Crippen molar-refractivity contribution >= 4 is 20.9 Å². The number of benzene rings is 1. The highest BCUT2D eigenvalue weighted by molar-refractivity contribution is 7.90. The van der Waals surface area contributed by atoms with Gasteiger partial charge in [-0.2, -0.15) is 0 Å². The van der Waals surface area contributed by atoms with Crippen LogP contribution in [0.2, 0.25) is 0 Å². The summed E-state index contributed by atoms with van der Waals surface area (Å²) in [5.41, 5.74) is 6.33. The molecule has 3 aromatic rings. The Labute approximate surface area is 130 Å². The Balaban J connectivity index is 2.00. The minimum absolute atomic E-state index is 0.348. The fourth-order valence-electron chi connectivity index (χ4n) is 2.62. The van der Waals surface area contributed by atoms with Crippen LogP contribution in [-0.2, 0) is 16.3 Å². The molecule has 2 heterocycles. The number of aromatic nitrogens is 2. The molecule has 5 heteroatoms. The van der Waals surface area contributed by atoms with E-state index in [1.54, 1.807) is 12.1 Å². The van der Waals surface area contributed by atoms with Gasteiger partial charge in [0.1, 0.15) is 0 Å². The summed E-state index contributed by atoms with van der Waals surface area (Å²) < 4.78 is 23.0. The first-order valence-electron chi connectivity index (χ1n) is 7.08. The minimum Gasteiger partial charge on any atom is -0.357 e. The molecule has 0 fully saturated rings. The molecule has 0 aliphatic heterocycles. The normalized spacial score (nSPS) is 12.0. The smallest absolute Gasteiger partial charge is 0.175 e. The number of aryl methyl sites for hydroxylation is 2. The molecule has 0 amide bonds. The third-order valence-corrected chi connectivity index (χ3v) is 4.96. The van der Waals surface area contributed by atoms with Crippen LogP contribution in [0.15, 0.2) is 41.3 Å². The molecule has 0 bridgehead atoms. The van der Waals surface area contributed by atoms with Gasteiger partial charge in [0.25, 0.3) is 0 Å². The Hall–Kier alpha value is -2.14. The van der Waals surface area contributed by atoms with Crippen LogP contribution < -0.4 is 0 Å². The lowest BCUT2D eigenvalue weighted by Crippen LogP contribution is -1.97. The van der Waals surface area contributed by atoms with E-state index >= 15 is 0 Å². The van der Waals surface area contributed by atoms with Crippen molar-refractivity contribution in [1.29, 1.82) is 0 Å². The number of pyridine rings is 1. The second-order valence-corrected chi connectivity index (χ2v) is 7.69. The van der Waals surface area contributed by atoms with E-state index in [0.717, 1.165) is 40.0 Å². The van der Waals surface area contributed by atoms with Gasteiger partial charge in [-0.15, -0.1) is 0 Å². The molecule has 1 N–H and O–H groups in total. The Morgan fingerprint density at radius 3 is 2.36 bits per heavy atom. The van der Waals surface area contributed by atoms with Crippen molar-refractivity contribution in [1.82, 2.24) is 9.97 Å². The Kier molecular flexibility index (Phi) is 3.53. The molecule has 22 heavy (non-hydrogen) atoms. The molecule has 4 nitrogen and oxygen atoms in total. The van der Waals surface area contributed by atoms with E-state index < -0.39 is 9.84 Å². The number of nitrogens with zero attached hydrogens (tertiary/aromatic N) is 1. The molecule has 0 unspecified atom stereocenters. The maximum atomic E-state index is 11.5. The fourth-order valence-corrected chi connectivity index (χ4v) is 3.25. The first-order valence-corrected chi connectivity index (χ1v) is 8.97. The standard InChI is InChI=1S/C17H18N2O2S/c1-11-4-9-16-17(18-11)15(12(2)19-16)10-13-5-7-14(8-6-13)22(3,20)21/h4-9,19H,10H2,1-3H3. The van der Waals surface area contributed by atoms with Crippen molar-refractivity contribution in [3.63, 3.8) is 0 Å². The molecule has 0 spiro atoms. The zero-order valence-corrected chi connectivity index (χ0v) is 13.7. The van der Waals surface area contributed by atoms with Gasteiger partial charge >= 0.3 is 0 Å². The van der Waals surface area contributed by atoms with Gasteiger partial charge in [0.15, 0.2) is 9.84 Å². The average Bonchev–Trinajstić information content (AvgIpc) is 2.75. The summed E-state index contributed by atoms with van der Waals surface area (Å²) in [4.78, 5) is 8.32. The highest BCUT2D eigenvalue weighted by Gasteiger charge is 2.12. The van der Waals surface area contributed by atoms with Crippen LogP contribution in [0.3, 0.4) is 0 Å². The highest BCUT2D eigenvalue weighted by atomic mass is 32.2.